The number of benzene rings is 2. The van der Waals surface area contributed by atoms with Gasteiger partial charge >= 0.3 is 0 Å². The number of rotatable bonds is 3. The topological polar surface area (TPSA) is 66.5 Å². The highest BCUT2D eigenvalue weighted by molar-refractivity contribution is 9.10. The normalized spacial score (nSPS) is 16.6. The smallest absolute Gasteiger partial charge is 0.263 e. The Morgan fingerprint density at radius 3 is 2.64 bits per heavy atom. The molecule has 1 heterocycles. The summed E-state index contributed by atoms with van der Waals surface area (Å²) in [6.45, 7) is 3.35. The van der Waals surface area contributed by atoms with Crippen molar-refractivity contribution in [1.82, 2.24) is 0 Å². The SMILES string of the molecule is CC(=O)N1c2cc(S(=O)(=O)Nc3ccccc3F)c(Br)cc2C[C@@H]1C. The predicted molar refractivity (Wildman–Crippen MR) is 97.7 cm³/mol. The molecule has 2 aromatic rings. The number of halogens is 2. The third-order valence-corrected chi connectivity index (χ3v) is 6.42. The minimum atomic E-state index is -4.03. The van der Waals surface area contributed by atoms with Crippen LogP contribution in [0.15, 0.2) is 45.8 Å². The molecule has 8 heteroatoms. The molecule has 0 bridgehead atoms. The Morgan fingerprint density at radius 1 is 1.32 bits per heavy atom. The maximum Gasteiger partial charge on any atom is 0.263 e. The van der Waals surface area contributed by atoms with E-state index in [1.807, 2.05) is 6.92 Å². The molecule has 1 aliphatic heterocycles. The molecule has 0 aliphatic carbocycles. The fourth-order valence-electron chi connectivity index (χ4n) is 3.05. The summed E-state index contributed by atoms with van der Waals surface area (Å²) in [6, 6.07) is 8.64. The molecule has 0 saturated carbocycles. The Balaban J connectivity index is 2.06. The van der Waals surface area contributed by atoms with Crippen LogP contribution in [-0.2, 0) is 21.2 Å². The summed E-state index contributed by atoms with van der Waals surface area (Å²) in [7, 11) is -4.03. The standard InChI is InChI=1S/C17H16BrFN2O3S/c1-10-7-12-8-13(18)17(9-16(12)21(10)11(2)22)25(23,24)20-15-6-4-3-5-14(15)19/h3-6,8-10,20H,7H2,1-2H3/t10-/m0/s1. The largest absolute Gasteiger partial charge is 0.309 e. The number of nitrogens with zero attached hydrogens (tertiary/aromatic N) is 1. The number of anilines is 2. The van der Waals surface area contributed by atoms with Crippen molar-refractivity contribution in [2.24, 2.45) is 0 Å². The summed E-state index contributed by atoms with van der Waals surface area (Å²) in [5.74, 6) is -0.818. The van der Waals surface area contributed by atoms with Gasteiger partial charge in [-0.15, -0.1) is 0 Å². The Labute approximate surface area is 154 Å². The van der Waals surface area contributed by atoms with E-state index in [4.69, 9.17) is 0 Å². The van der Waals surface area contributed by atoms with Crippen molar-refractivity contribution in [3.05, 3.63) is 52.3 Å². The highest BCUT2D eigenvalue weighted by Gasteiger charge is 2.32. The number of amides is 1. The first-order valence-corrected chi connectivity index (χ1v) is 9.88. The second-order valence-electron chi connectivity index (χ2n) is 5.94. The van der Waals surface area contributed by atoms with Gasteiger partial charge in [-0.05, 0) is 59.1 Å². The first kappa shape index (κ1) is 17.9. The molecule has 0 fully saturated rings. The molecule has 0 radical (unpaired) electrons. The predicted octanol–water partition coefficient (Wildman–Crippen LogP) is 3.69. The van der Waals surface area contributed by atoms with Crippen LogP contribution in [0.5, 0.6) is 0 Å². The molecule has 1 aliphatic rings. The van der Waals surface area contributed by atoms with Gasteiger partial charge in [0.15, 0.2) is 0 Å². The molecule has 0 aromatic heterocycles. The van der Waals surface area contributed by atoms with Crippen molar-refractivity contribution in [1.29, 1.82) is 0 Å². The van der Waals surface area contributed by atoms with Crippen molar-refractivity contribution in [2.45, 2.75) is 31.2 Å². The van der Waals surface area contributed by atoms with Crippen molar-refractivity contribution in [3.8, 4) is 0 Å². The molecule has 1 atom stereocenters. The molecule has 1 N–H and O–H groups in total. The number of carbonyl (C=O) groups is 1. The molecule has 1 amide bonds. The van der Waals surface area contributed by atoms with E-state index in [9.17, 15) is 17.6 Å². The van der Waals surface area contributed by atoms with E-state index in [2.05, 4.69) is 20.7 Å². The lowest BCUT2D eigenvalue weighted by Crippen LogP contribution is -2.33. The van der Waals surface area contributed by atoms with Crippen molar-refractivity contribution < 1.29 is 17.6 Å². The molecule has 5 nitrogen and oxygen atoms in total. The monoisotopic (exact) mass is 426 g/mol. The van der Waals surface area contributed by atoms with Gasteiger partial charge in [0.1, 0.15) is 10.7 Å². The summed E-state index contributed by atoms with van der Waals surface area (Å²) in [6.07, 6.45) is 0.647. The number of para-hydroxylation sites is 1. The molecule has 0 unspecified atom stereocenters. The zero-order valence-corrected chi connectivity index (χ0v) is 16.0. The molecular formula is C17H16BrFN2O3S. The van der Waals surface area contributed by atoms with Gasteiger partial charge in [0.2, 0.25) is 5.91 Å². The van der Waals surface area contributed by atoms with E-state index in [1.165, 1.54) is 37.3 Å². The highest BCUT2D eigenvalue weighted by Crippen LogP contribution is 2.38. The zero-order chi connectivity index (χ0) is 18.4. The Bertz CT molecular complexity index is 962. The van der Waals surface area contributed by atoms with Gasteiger partial charge in [-0.3, -0.25) is 9.52 Å². The van der Waals surface area contributed by atoms with E-state index in [0.29, 0.717) is 16.6 Å². The van der Waals surface area contributed by atoms with Gasteiger partial charge < -0.3 is 4.90 Å². The number of hydrogen-bond acceptors (Lipinski definition) is 3. The van der Waals surface area contributed by atoms with E-state index in [-0.39, 0.29) is 22.5 Å². The summed E-state index contributed by atoms with van der Waals surface area (Å²) >= 11 is 3.28. The third-order valence-electron chi connectivity index (χ3n) is 4.10. The average Bonchev–Trinajstić information content (AvgIpc) is 2.83. The van der Waals surface area contributed by atoms with Crippen molar-refractivity contribution >= 4 is 43.2 Å². The minimum Gasteiger partial charge on any atom is -0.309 e. The van der Waals surface area contributed by atoms with Crippen LogP contribution in [0.2, 0.25) is 0 Å². The molecule has 25 heavy (non-hydrogen) atoms. The lowest BCUT2D eigenvalue weighted by molar-refractivity contribution is -0.116. The van der Waals surface area contributed by atoms with Gasteiger partial charge in [-0.2, -0.15) is 0 Å². The highest BCUT2D eigenvalue weighted by atomic mass is 79.9. The second kappa shape index (κ2) is 6.42. The fourth-order valence-corrected chi connectivity index (χ4v) is 5.23. The summed E-state index contributed by atoms with van der Waals surface area (Å²) in [5.41, 5.74) is 1.32. The van der Waals surface area contributed by atoms with Crippen LogP contribution in [0, 0.1) is 5.82 Å². The second-order valence-corrected chi connectivity index (χ2v) is 8.44. The molecule has 0 spiro atoms. The van der Waals surface area contributed by atoms with Crippen LogP contribution in [0.4, 0.5) is 15.8 Å². The zero-order valence-electron chi connectivity index (χ0n) is 13.6. The first-order chi connectivity index (χ1) is 11.7. The van der Waals surface area contributed by atoms with E-state index < -0.39 is 15.8 Å². The number of carbonyl (C=O) groups excluding carboxylic acids is 1. The molecule has 3 rings (SSSR count). The van der Waals surface area contributed by atoms with Gasteiger partial charge in [0.25, 0.3) is 10.0 Å². The van der Waals surface area contributed by atoms with Crippen LogP contribution in [-0.4, -0.2) is 20.4 Å². The van der Waals surface area contributed by atoms with Crippen LogP contribution in [0.1, 0.15) is 19.4 Å². The van der Waals surface area contributed by atoms with E-state index >= 15 is 0 Å². The molecule has 2 aromatic carbocycles. The molecule has 132 valence electrons. The maximum atomic E-state index is 13.8. The van der Waals surface area contributed by atoms with Crippen LogP contribution in [0.3, 0.4) is 0 Å². The Kier molecular flexibility index (Phi) is 4.59. The number of hydrogen-bond donors (Lipinski definition) is 1. The minimum absolute atomic E-state index is 0.0446. The lowest BCUT2D eigenvalue weighted by atomic mass is 10.1. The Morgan fingerprint density at radius 2 is 2.00 bits per heavy atom. The maximum absolute atomic E-state index is 13.8. The molecular weight excluding hydrogens is 411 g/mol. The lowest BCUT2D eigenvalue weighted by Gasteiger charge is -2.21. The number of nitrogens with one attached hydrogen (secondary N) is 1. The van der Waals surface area contributed by atoms with Crippen LogP contribution < -0.4 is 9.62 Å². The summed E-state index contributed by atoms with van der Waals surface area (Å²) < 4.78 is 41.8. The van der Waals surface area contributed by atoms with Crippen molar-refractivity contribution in [3.63, 3.8) is 0 Å². The van der Waals surface area contributed by atoms with E-state index in [0.717, 1.165) is 5.56 Å². The van der Waals surface area contributed by atoms with Gasteiger partial charge in [-0.25, -0.2) is 12.8 Å². The third kappa shape index (κ3) is 3.28. The number of fused-ring (bicyclic) bond motifs is 1. The van der Waals surface area contributed by atoms with Gasteiger partial charge in [-0.1, -0.05) is 12.1 Å². The van der Waals surface area contributed by atoms with Gasteiger partial charge in [0.05, 0.1) is 5.69 Å². The van der Waals surface area contributed by atoms with Crippen LogP contribution in [0.25, 0.3) is 0 Å². The van der Waals surface area contributed by atoms with Crippen molar-refractivity contribution in [2.75, 3.05) is 9.62 Å². The summed E-state index contributed by atoms with van der Waals surface area (Å²) in [5, 5.41) is 0. The van der Waals surface area contributed by atoms with Gasteiger partial charge in [0, 0.05) is 23.1 Å². The molecule has 0 saturated heterocycles. The first-order valence-electron chi connectivity index (χ1n) is 7.60. The number of sulfonamides is 1. The summed E-state index contributed by atoms with van der Waals surface area (Å²) in [4.78, 5) is 13.4. The van der Waals surface area contributed by atoms with Crippen LogP contribution >= 0.6 is 15.9 Å². The quantitative estimate of drug-likeness (QED) is 0.813. The average molecular weight is 427 g/mol. The fraction of sp³-hybridized carbons (Fsp3) is 0.235. The Hall–Kier alpha value is -1.93. The van der Waals surface area contributed by atoms with E-state index in [1.54, 1.807) is 11.0 Å².